The van der Waals surface area contributed by atoms with E-state index in [0.717, 1.165) is 7.25 Å². The monoisotopic (exact) mass is 524 g/mol. The van der Waals surface area contributed by atoms with Crippen LogP contribution in [-0.2, 0) is 21.3 Å². The Morgan fingerprint density at radius 1 is 0.767 bits per heavy atom. The molecule has 166 valence electrons. The smallest absolute Gasteiger partial charge is 1.00 e. The third-order valence-corrected chi connectivity index (χ3v) is 18.0. The van der Waals surface area contributed by atoms with Crippen molar-refractivity contribution in [3.8, 4) is 0 Å². The molecular weight excluding hydrogens is 486 g/mol. The fourth-order valence-electron chi connectivity index (χ4n) is 6.81. The van der Waals surface area contributed by atoms with E-state index in [-0.39, 0.29) is 24.8 Å². The molecule has 30 heavy (non-hydrogen) atoms. The van der Waals surface area contributed by atoms with Gasteiger partial charge >= 0.3 is 182 Å². The second kappa shape index (κ2) is 9.27. The number of rotatable bonds is 2. The Labute approximate surface area is 205 Å². The van der Waals surface area contributed by atoms with E-state index >= 15 is 0 Å². The maximum absolute atomic E-state index is 2.64. The van der Waals surface area contributed by atoms with Crippen molar-refractivity contribution in [3.05, 3.63) is 45.6 Å². The molecule has 4 aliphatic rings. The first-order chi connectivity index (χ1) is 13.0. The van der Waals surface area contributed by atoms with Crippen molar-refractivity contribution < 1.29 is 46.1 Å². The molecule has 0 saturated heterocycles. The van der Waals surface area contributed by atoms with Gasteiger partial charge in [-0.2, -0.15) is 0 Å². The molecule has 0 amide bonds. The van der Waals surface area contributed by atoms with Gasteiger partial charge in [-0.3, -0.25) is 0 Å². The number of hydrogen-bond donors (Lipinski definition) is 0. The summed E-state index contributed by atoms with van der Waals surface area (Å²) in [6.07, 6.45) is 13.5. The van der Waals surface area contributed by atoms with E-state index < -0.39 is 21.3 Å². The Morgan fingerprint density at radius 3 is 1.47 bits per heavy atom. The van der Waals surface area contributed by atoms with Crippen molar-refractivity contribution in [2.45, 2.75) is 101 Å². The largest absolute Gasteiger partial charge is 1.00 e. The molecule has 2 unspecified atom stereocenters. The zero-order valence-corrected chi connectivity index (χ0v) is 24.3. The van der Waals surface area contributed by atoms with Crippen LogP contribution in [0.25, 0.3) is 0 Å². The normalized spacial score (nSPS) is 28.4. The van der Waals surface area contributed by atoms with Crippen LogP contribution in [0.3, 0.4) is 0 Å². The molecule has 3 heteroatoms. The fraction of sp³-hybridized carbons (Fsp3) is 0.667. The van der Waals surface area contributed by atoms with Crippen molar-refractivity contribution in [2.24, 2.45) is 10.8 Å². The summed E-state index contributed by atoms with van der Waals surface area (Å²) >= 11 is -1.92. The molecule has 4 aliphatic carbocycles. The van der Waals surface area contributed by atoms with Crippen LogP contribution < -0.4 is 24.8 Å². The van der Waals surface area contributed by atoms with Crippen molar-refractivity contribution in [1.29, 1.82) is 0 Å². The van der Waals surface area contributed by atoms with Crippen LogP contribution in [0.1, 0.15) is 93.9 Å². The standard InChI is InChI=1S/2C12H17.C3H6.2ClH.Zr/c2*1-9-7-10-5-4-6-12(2,3)11(10)8-9;1-3-2;;;/h2*7-8H,4-6H2,1-3H3;1-2H3;2*1H;/q;;;;;+2/p-2. The second-order valence-electron chi connectivity index (χ2n) is 11.5. The first-order valence-corrected chi connectivity index (χ1v) is 15.6. The Bertz CT molecular complexity index is 807. The molecule has 0 radical (unpaired) electrons. The van der Waals surface area contributed by atoms with Crippen LogP contribution in [0.4, 0.5) is 0 Å². The molecule has 0 saturated carbocycles. The molecule has 0 aromatic heterocycles. The van der Waals surface area contributed by atoms with Gasteiger partial charge in [0.05, 0.1) is 0 Å². The van der Waals surface area contributed by atoms with Crippen LogP contribution in [0.2, 0.25) is 7.25 Å². The molecule has 0 aromatic carbocycles. The molecule has 0 spiro atoms. The predicted molar refractivity (Wildman–Crippen MR) is 121 cm³/mol. The predicted octanol–water partition coefficient (Wildman–Crippen LogP) is 2.33. The maximum atomic E-state index is 2.64. The van der Waals surface area contributed by atoms with E-state index in [2.05, 4.69) is 67.5 Å². The molecule has 2 atom stereocenters. The zero-order valence-electron chi connectivity index (χ0n) is 20.3. The van der Waals surface area contributed by atoms with Crippen molar-refractivity contribution >= 4 is 3.21 Å². The van der Waals surface area contributed by atoms with Gasteiger partial charge in [-0.1, -0.05) is 0 Å². The third-order valence-electron chi connectivity index (χ3n) is 8.20. The van der Waals surface area contributed by atoms with Gasteiger partial charge in [0.1, 0.15) is 0 Å². The summed E-state index contributed by atoms with van der Waals surface area (Å²) in [4.78, 5) is 0. The van der Waals surface area contributed by atoms with E-state index in [4.69, 9.17) is 0 Å². The van der Waals surface area contributed by atoms with Crippen LogP contribution >= 0.6 is 0 Å². The Balaban J connectivity index is 0.00000160. The number of allylic oxidation sites excluding steroid dienone is 8. The van der Waals surface area contributed by atoms with Crippen LogP contribution in [0.5, 0.6) is 0 Å². The average Bonchev–Trinajstić information content (AvgIpc) is 3.08. The Hall–Kier alpha value is 0.293. The molecule has 0 fully saturated rings. The Morgan fingerprint density at radius 2 is 1.13 bits per heavy atom. The van der Waals surface area contributed by atoms with Crippen LogP contribution in [0, 0.1) is 10.8 Å². The molecule has 0 bridgehead atoms. The summed E-state index contributed by atoms with van der Waals surface area (Å²) in [6, 6.07) is 0. The van der Waals surface area contributed by atoms with Gasteiger partial charge in [0.2, 0.25) is 0 Å². The van der Waals surface area contributed by atoms with Gasteiger partial charge < -0.3 is 24.8 Å². The minimum absolute atomic E-state index is 0. The van der Waals surface area contributed by atoms with Crippen molar-refractivity contribution in [2.75, 3.05) is 0 Å². The minimum Gasteiger partial charge on any atom is -1.00 e. The summed E-state index contributed by atoms with van der Waals surface area (Å²) in [5, 5.41) is 0. The van der Waals surface area contributed by atoms with Crippen LogP contribution in [0.15, 0.2) is 45.6 Å². The number of hydrogen-bond acceptors (Lipinski definition) is 0. The summed E-state index contributed by atoms with van der Waals surface area (Å²) in [7, 11) is 0. The summed E-state index contributed by atoms with van der Waals surface area (Å²) in [5.74, 6) is 0. The van der Waals surface area contributed by atoms with E-state index in [9.17, 15) is 0 Å². The van der Waals surface area contributed by atoms with E-state index in [1.807, 2.05) is 14.4 Å². The molecule has 0 aliphatic heterocycles. The summed E-state index contributed by atoms with van der Waals surface area (Å²) < 4.78 is 3.48. The average molecular weight is 527 g/mol. The number of halogens is 2. The van der Waals surface area contributed by atoms with Crippen molar-refractivity contribution in [1.82, 2.24) is 0 Å². The first-order valence-electron chi connectivity index (χ1n) is 11.6. The van der Waals surface area contributed by atoms with Gasteiger partial charge in [0, 0.05) is 0 Å². The Kier molecular flexibility index (Phi) is 8.20. The van der Waals surface area contributed by atoms with E-state index in [0.29, 0.717) is 10.8 Å². The molecule has 0 nitrogen and oxygen atoms in total. The quantitative estimate of drug-likeness (QED) is 0.518. The zero-order chi connectivity index (χ0) is 20.4. The fourth-order valence-corrected chi connectivity index (χ4v) is 16.6. The van der Waals surface area contributed by atoms with Gasteiger partial charge in [0.15, 0.2) is 0 Å². The van der Waals surface area contributed by atoms with Crippen LogP contribution in [-0.4, -0.2) is 3.21 Å². The summed E-state index contributed by atoms with van der Waals surface area (Å²) in [5.41, 5.74) is 11.4. The first kappa shape index (κ1) is 26.5. The molecule has 0 heterocycles. The molecule has 4 rings (SSSR count). The maximum Gasteiger partial charge on any atom is -1.00 e. The molecule has 0 aromatic rings. The topological polar surface area (TPSA) is 0 Å². The third kappa shape index (κ3) is 4.27. The second-order valence-corrected chi connectivity index (χ2v) is 19.0. The van der Waals surface area contributed by atoms with Gasteiger partial charge in [-0.05, 0) is 0 Å². The van der Waals surface area contributed by atoms with Gasteiger partial charge in [0.25, 0.3) is 0 Å². The molecular formula is C27H40Cl2Zr. The summed E-state index contributed by atoms with van der Waals surface area (Å²) in [6.45, 7) is 19.9. The van der Waals surface area contributed by atoms with E-state index in [1.165, 1.54) is 38.5 Å². The van der Waals surface area contributed by atoms with Gasteiger partial charge in [-0.25, -0.2) is 0 Å². The van der Waals surface area contributed by atoms with Crippen molar-refractivity contribution in [3.63, 3.8) is 0 Å². The molecule has 0 N–H and O–H groups in total. The SMILES string of the molecule is CC1=CC2=C(CCCC2(C)C)[CH]1[Zr+2](=[C](C)C)[CH]1C(C)=CC2=C1CCCC2(C)C.[Cl-].[Cl-]. The van der Waals surface area contributed by atoms with E-state index in [1.54, 1.807) is 22.3 Å². The van der Waals surface area contributed by atoms with Gasteiger partial charge in [-0.15, -0.1) is 0 Å². The minimum atomic E-state index is -1.92.